The molecule has 13 heavy (non-hydrogen) atoms. The minimum atomic E-state index is -4.17. The Morgan fingerprint density at radius 2 is 2.31 bits per heavy atom. The van der Waals surface area contributed by atoms with Crippen molar-refractivity contribution in [3.05, 3.63) is 0 Å². The van der Waals surface area contributed by atoms with Crippen molar-refractivity contribution in [3.63, 3.8) is 0 Å². The average Bonchev–Trinajstić information content (AvgIpc) is 2.33. The Kier molecular flexibility index (Phi) is 3.43. The van der Waals surface area contributed by atoms with Crippen molar-refractivity contribution < 1.29 is 13.2 Å². The summed E-state index contributed by atoms with van der Waals surface area (Å²) < 4.78 is 35.6. The molecule has 1 aliphatic heterocycles. The van der Waals surface area contributed by atoms with E-state index in [1.807, 2.05) is 6.92 Å². The Labute approximate surface area is 78.4 Å². The maximum absolute atomic E-state index is 11.9. The summed E-state index contributed by atoms with van der Waals surface area (Å²) in [6, 6.07) is 0. The van der Waals surface area contributed by atoms with E-state index in [0.29, 0.717) is 5.17 Å². The van der Waals surface area contributed by atoms with E-state index in [9.17, 15) is 13.2 Å². The van der Waals surface area contributed by atoms with E-state index in [2.05, 4.69) is 10.4 Å². The molecule has 3 nitrogen and oxygen atoms in total. The van der Waals surface area contributed by atoms with Crippen molar-refractivity contribution in [1.82, 2.24) is 10.4 Å². The van der Waals surface area contributed by atoms with Gasteiger partial charge in [-0.05, 0) is 5.75 Å². The van der Waals surface area contributed by atoms with Gasteiger partial charge in [0.2, 0.25) is 0 Å². The molecule has 0 amide bonds. The number of nitrogens with one attached hydrogen (secondary N) is 1. The van der Waals surface area contributed by atoms with E-state index < -0.39 is 12.7 Å². The summed E-state index contributed by atoms with van der Waals surface area (Å²) in [5, 5.41) is 1.60. The molecule has 0 aromatic heterocycles. The molecule has 0 aliphatic carbocycles. The highest BCUT2D eigenvalue weighted by Gasteiger charge is 2.32. The molecule has 0 fully saturated rings. The number of amidine groups is 1. The van der Waals surface area contributed by atoms with E-state index in [4.69, 9.17) is 0 Å². The molecule has 1 N–H and O–H groups in total. The first-order valence-corrected chi connectivity index (χ1v) is 4.75. The molecule has 76 valence electrons. The van der Waals surface area contributed by atoms with Crippen molar-refractivity contribution in [2.24, 2.45) is 4.99 Å². The first kappa shape index (κ1) is 10.6. The number of halogens is 3. The number of rotatable bonds is 2. The molecule has 0 atom stereocenters. The lowest BCUT2D eigenvalue weighted by atomic mass is 10.6. The zero-order valence-corrected chi connectivity index (χ0v) is 7.87. The van der Waals surface area contributed by atoms with E-state index in [1.54, 1.807) is 0 Å². The van der Waals surface area contributed by atoms with Crippen LogP contribution in [0.4, 0.5) is 13.2 Å². The molecule has 1 aliphatic rings. The minimum Gasteiger partial charge on any atom is -0.296 e. The summed E-state index contributed by atoms with van der Waals surface area (Å²) >= 11 is 1.40. The first-order chi connectivity index (χ1) is 6.01. The van der Waals surface area contributed by atoms with E-state index in [0.717, 1.165) is 10.8 Å². The van der Waals surface area contributed by atoms with Gasteiger partial charge < -0.3 is 0 Å². The molecular formula is C6H10F3N3S. The molecule has 0 radical (unpaired) electrons. The van der Waals surface area contributed by atoms with Gasteiger partial charge in [0.05, 0.1) is 0 Å². The third-order valence-corrected chi connectivity index (χ3v) is 2.07. The number of thioether (sulfide) groups is 1. The van der Waals surface area contributed by atoms with Crippen molar-refractivity contribution in [3.8, 4) is 0 Å². The summed E-state index contributed by atoms with van der Waals surface area (Å²) in [4.78, 5) is 3.89. The fourth-order valence-corrected chi connectivity index (χ4v) is 1.49. The molecule has 0 saturated carbocycles. The number of hydrogen-bond donors (Lipinski definition) is 1. The third-order valence-electron chi connectivity index (χ3n) is 1.29. The maximum atomic E-state index is 11.9. The van der Waals surface area contributed by atoms with Crippen LogP contribution in [0.25, 0.3) is 0 Å². The van der Waals surface area contributed by atoms with Gasteiger partial charge in [-0.1, -0.05) is 18.7 Å². The molecule has 1 rings (SSSR count). The molecule has 0 bridgehead atoms. The van der Waals surface area contributed by atoms with Crippen LogP contribution in [0.3, 0.4) is 0 Å². The van der Waals surface area contributed by atoms with E-state index in [-0.39, 0.29) is 6.67 Å². The Morgan fingerprint density at radius 1 is 1.62 bits per heavy atom. The van der Waals surface area contributed by atoms with Gasteiger partial charge in [-0.3, -0.25) is 5.43 Å². The second-order valence-electron chi connectivity index (χ2n) is 2.46. The van der Waals surface area contributed by atoms with Crippen molar-refractivity contribution in [1.29, 1.82) is 0 Å². The van der Waals surface area contributed by atoms with Crippen LogP contribution in [0.15, 0.2) is 4.99 Å². The topological polar surface area (TPSA) is 27.6 Å². The van der Waals surface area contributed by atoms with Crippen LogP contribution in [-0.2, 0) is 0 Å². The maximum Gasteiger partial charge on any atom is 0.403 e. The highest BCUT2D eigenvalue weighted by molar-refractivity contribution is 8.13. The third kappa shape index (κ3) is 3.86. The number of nitrogens with zero attached hydrogens (tertiary/aromatic N) is 2. The van der Waals surface area contributed by atoms with Crippen LogP contribution in [0.1, 0.15) is 6.92 Å². The Hall–Kier alpha value is -0.430. The molecule has 7 heteroatoms. The summed E-state index contributed by atoms with van der Waals surface area (Å²) in [5.41, 5.74) is 2.57. The fraction of sp³-hybridized carbons (Fsp3) is 0.833. The zero-order chi connectivity index (χ0) is 9.90. The summed E-state index contributed by atoms with van der Waals surface area (Å²) in [5.74, 6) is 0.797. The first-order valence-electron chi connectivity index (χ1n) is 3.77. The molecule has 0 saturated heterocycles. The van der Waals surface area contributed by atoms with Crippen LogP contribution in [-0.4, -0.2) is 35.3 Å². The Balaban J connectivity index is 2.29. The number of alkyl halides is 3. The average molecular weight is 213 g/mol. The molecule has 0 spiro atoms. The van der Waals surface area contributed by atoms with Crippen LogP contribution in [0, 0.1) is 0 Å². The normalized spacial score (nSPS) is 18.6. The number of aliphatic imine (C=N–C) groups is 1. The van der Waals surface area contributed by atoms with Gasteiger partial charge >= 0.3 is 6.18 Å². The standard InChI is InChI=1S/C6H10F3N3S/c1-2-13-5-10-4-12(11-5)3-6(7,8)9/h2-4H2,1H3,(H,10,11). The molecule has 1 heterocycles. The predicted octanol–water partition coefficient (Wildman–Crippen LogP) is 1.44. The molecule has 0 unspecified atom stereocenters. The highest BCUT2D eigenvalue weighted by Crippen LogP contribution is 2.17. The lowest BCUT2D eigenvalue weighted by Gasteiger charge is -2.17. The monoisotopic (exact) mass is 213 g/mol. The SMILES string of the molecule is CCSC1=NCN(CC(F)(F)F)N1. The second-order valence-corrected chi connectivity index (χ2v) is 3.72. The van der Waals surface area contributed by atoms with Crippen LogP contribution >= 0.6 is 11.8 Å². The van der Waals surface area contributed by atoms with Gasteiger partial charge in [0.25, 0.3) is 0 Å². The molecule has 0 aromatic carbocycles. The summed E-state index contributed by atoms with van der Waals surface area (Å²) in [7, 11) is 0. The smallest absolute Gasteiger partial charge is 0.296 e. The van der Waals surface area contributed by atoms with Gasteiger partial charge in [0.1, 0.15) is 13.2 Å². The lowest BCUT2D eigenvalue weighted by molar-refractivity contribution is -0.148. The lowest BCUT2D eigenvalue weighted by Crippen LogP contribution is -2.41. The molecular weight excluding hydrogens is 203 g/mol. The Bertz CT molecular complexity index is 204. The fourth-order valence-electron chi connectivity index (χ4n) is 0.876. The van der Waals surface area contributed by atoms with Crippen molar-refractivity contribution >= 4 is 16.9 Å². The predicted molar refractivity (Wildman–Crippen MR) is 46.3 cm³/mol. The van der Waals surface area contributed by atoms with Crippen molar-refractivity contribution in [2.45, 2.75) is 13.1 Å². The van der Waals surface area contributed by atoms with Gasteiger partial charge in [0.15, 0.2) is 5.17 Å². The van der Waals surface area contributed by atoms with Gasteiger partial charge in [-0.2, -0.15) is 18.2 Å². The van der Waals surface area contributed by atoms with Crippen LogP contribution in [0.2, 0.25) is 0 Å². The summed E-state index contributed by atoms with van der Waals surface area (Å²) in [6.45, 7) is 1.02. The van der Waals surface area contributed by atoms with E-state index in [1.165, 1.54) is 11.8 Å². The quantitative estimate of drug-likeness (QED) is 0.752. The Morgan fingerprint density at radius 3 is 2.85 bits per heavy atom. The molecule has 0 aromatic rings. The van der Waals surface area contributed by atoms with Crippen molar-refractivity contribution in [2.75, 3.05) is 19.0 Å². The van der Waals surface area contributed by atoms with Crippen LogP contribution in [0.5, 0.6) is 0 Å². The minimum absolute atomic E-state index is 0.0713. The number of hydrogen-bond acceptors (Lipinski definition) is 4. The largest absolute Gasteiger partial charge is 0.403 e. The zero-order valence-electron chi connectivity index (χ0n) is 7.06. The second kappa shape index (κ2) is 4.19. The highest BCUT2D eigenvalue weighted by atomic mass is 32.2. The van der Waals surface area contributed by atoms with Gasteiger partial charge in [-0.15, -0.1) is 0 Å². The van der Waals surface area contributed by atoms with Crippen LogP contribution < -0.4 is 5.43 Å². The summed E-state index contributed by atoms with van der Waals surface area (Å²) in [6.07, 6.45) is -4.17. The number of hydrazine groups is 1. The van der Waals surface area contributed by atoms with E-state index >= 15 is 0 Å². The van der Waals surface area contributed by atoms with Gasteiger partial charge in [0, 0.05) is 0 Å². The van der Waals surface area contributed by atoms with Gasteiger partial charge in [-0.25, -0.2) is 4.99 Å².